The van der Waals surface area contributed by atoms with Crippen LogP contribution in [-0.2, 0) is 17.1 Å². The lowest BCUT2D eigenvalue weighted by Crippen LogP contribution is -2.42. The van der Waals surface area contributed by atoms with Gasteiger partial charge < -0.3 is 5.32 Å². The highest BCUT2D eigenvalue weighted by Crippen LogP contribution is 2.19. The zero-order chi connectivity index (χ0) is 14.9. The maximum atomic E-state index is 12.4. The molecule has 1 fully saturated rings. The Morgan fingerprint density at radius 3 is 2.60 bits per heavy atom. The number of hydrogen-bond acceptors (Lipinski definition) is 4. The Hall–Kier alpha value is -0.920. The number of aromatic nitrogens is 2. The third-order valence-electron chi connectivity index (χ3n) is 4.04. The van der Waals surface area contributed by atoms with Gasteiger partial charge in [-0.2, -0.15) is 5.10 Å². The van der Waals surface area contributed by atoms with Crippen LogP contribution in [0.4, 0.5) is 0 Å². The molecule has 0 amide bonds. The molecule has 2 heterocycles. The summed E-state index contributed by atoms with van der Waals surface area (Å²) in [7, 11) is -1.72. The van der Waals surface area contributed by atoms with Crippen LogP contribution in [0.25, 0.3) is 0 Å². The quantitative estimate of drug-likeness (QED) is 0.858. The van der Waals surface area contributed by atoms with Gasteiger partial charge in [-0.3, -0.25) is 4.68 Å². The van der Waals surface area contributed by atoms with Crippen LogP contribution in [0, 0.1) is 19.8 Å². The number of nitrogens with zero attached hydrogens (tertiary/aromatic N) is 2. The van der Waals surface area contributed by atoms with Gasteiger partial charge in [0.2, 0.25) is 10.0 Å². The van der Waals surface area contributed by atoms with Gasteiger partial charge in [-0.25, -0.2) is 13.1 Å². The van der Waals surface area contributed by atoms with Gasteiger partial charge in [-0.05, 0) is 46.1 Å². The van der Waals surface area contributed by atoms with Crippen LogP contribution in [0.15, 0.2) is 4.90 Å². The van der Waals surface area contributed by atoms with Gasteiger partial charge in [0.05, 0.1) is 11.4 Å². The molecular weight excluding hydrogens is 276 g/mol. The number of nitrogens with one attached hydrogen (secondary N) is 2. The summed E-state index contributed by atoms with van der Waals surface area (Å²) >= 11 is 0. The molecule has 114 valence electrons. The minimum Gasteiger partial charge on any atom is -0.314 e. The topological polar surface area (TPSA) is 76.0 Å². The Morgan fingerprint density at radius 1 is 1.40 bits per heavy atom. The van der Waals surface area contributed by atoms with E-state index in [9.17, 15) is 8.42 Å². The minimum atomic E-state index is -3.47. The summed E-state index contributed by atoms with van der Waals surface area (Å²) in [5.41, 5.74) is 1.22. The zero-order valence-corrected chi connectivity index (χ0v) is 13.4. The summed E-state index contributed by atoms with van der Waals surface area (Å²) in [4.78, 5) is 0.317. The molecule has 20 heavy (non-hydrogen) atoms. The first kappa shape index (κ1) is 15.5. The summed E-state index contributed by atoms with van der Waals surface area (Å²) in [6, 6.07) is 0.533. The molecule has 0 radical (unpaired) electrons. The van der Waals surface area contributed by atoms with Gasteiger partial charge in [0, 0.05) is 19.6 Å². The Morgan fingerprint density at radius 2 is 2.10 bits per heavy atom. The summed E-state index contributed by atoms with van der Waals surface area (Å²) < 4.78 is 29.2. The summed E-state index contributed by atoms with van der Waals surface area (Å²) in [5.74, 6) is 0.359. The van der Waals surface area contributed by atoms with E-state index in [-0.39, 0.29) is 0 Å². The molecule has 0 bridgehead atoms. The van der Waals surface area contributed by atoms with Crippen molar-refractivity contribution < 1.29 is 8.42 Å². The Bertz CT molecular complexity index is 571. The average Bonchev–Trinajstić information content (AvgIpc) is 2.63. The average molecular weight is 300 g/mol. The third kappa shape index (κ3) is 3.21. The second-order valence-corrected chi connectivity index (χ2v) is 7.43. The lowest BCUT2D eigenvalue weighted by molar-refractivity contribution is 0.323. The number of hydrogen-bond donors (Lipinski definition) is 2. The van der Waals surface area contributed by atoms with Crippen molar-refractivity contribution in [2.45, 2.75) is 44.6 Å². The van der Waals surface area contributed by atoms with Crippen molar-refractivity contribution in [2.24, 2.45) is 13.0 Å². The fourth-order valence-corrected chi connectivity index (χ4v) is 4.22. The van der Waals surface area contributed by atoms with Crippen LogP contribution in [-0.4, -0.2) is 37.3 Å². The first-order valence-electron chi connectivity index (χ1n) is 7.04. The summed E-state index contributed by atoms with van der Waals surface area (Å²) in [6.45, 7) is 7.01. The van der Waals surface area contributed by atoms with Crippen LogP contribution in [0.3, 0.4) is 0 Å². The second kappa shape index (κ2) is 5.83. The van der Waals surface area contributed by atoms with E-state index in [2.05, 4.69) is 22.1 Å². The van der Waals surface area contributed by atoms with Gasteiger partial charge in [-0.15, -0.1) is 0 Å². The summed E-state index contributed by atoms with van der Waals surface area (Å²) in [6.07, 6.45) is 2.15. The molecule has 0 saturated carbocycles. The highest BCUT2D eigenvalue weighted by atomic mass is 32.2. The fraction of sp³-hybridized carbons (Fsp3) is 0.769. The van der Waals surface area contributed by atoms with E-state index in [1.54, 1.807) is 25.6 Å². The lowest BCUT2D eigenvalue weighted by Gasteiger charge is -2.27. The van der Waals surface area contributed by atoms with E-state index in [0.717, 1.165) is 19.4 Å². The van der Waals surface area contributed by atoms with Crippen LogP contribution in [0.2, 0.25) is 0 Å². The monoisotopic (exact) mass is 300 g/mol. The molecule has 6 nitrogen and oxygen atoms in total. The van der Waals surface area contributed by atoms with Crippen molar-refractivity contribution in [1.82, 2.24) is 19.8 Å². The van der Waals surface area contributed by atoms with E-state index < -0.39 is 10.0 Å². The Kier molecular flexibility index (Phi) is 4.51. The molecule has 1 aromatic rings. The zero-order valence-electron chi connectivity index (χ0n) is 12.6. The van der Waals surface area contributed by atoms with Crippen molar-refractivity contribution in [2.75, 3.05) is 13.1 Å². The first-order valence-corrected chi connectivity index (χ1v) is 8.53. The molecule has 0 aliphatic carbocycles. The molecular formula is C13H24N4O2S. The van der Waals surface area contributed by atoms with Crippen LogP contribution in [0.5, 0.6) is 0 Å². The standard InChI is InChI=1S/C13H24N4O2S/c1-9-5-6-12(7-14-9)8-15-20(18,19)13-10(2)16-17(4)11(13)3/h9,12,14-15H,5-8H2,1-4H3. The molecule has 0 aromatic carbocycles. The molecule has 2 rings (SSSR count). The normalized spacial score (nSPS) is 24.0. The maximum absolute atomic E-state index is 12.4. The second-order valence-electron chi connectivity index (χ2n) is 5.73. The fourth-order valence-electron chi connectivity index (χ4n) is 2.67. The molecule has 0 spiro atoms. The van der Waals surface area contributed by atoms with Crippen molar-refractivity contribution >= 4 is 10.0 Å². The van der Waals surface area contributed by atoms with E-state index >= 15 is 0 Å². The molecule has 1 aliphatic heterocycles. The molecule has 2 atom stereocenters. The SMILES string of the molecule is Cc1nn(C)c(C)c1S(=O)(=O)NCC1CCC(C)NC1. The molecule has 1 aromatic heterocycles. The largest absolute Gasteiger partial charge is 0.314 e. The molecule has 7 heteroatoms. The predicted molar refractivity (Wildman–Crippen MR) is 78.1 cm³/mol. The maximum Gasteiger partial charge on any atom is 0.244 e. The van der Waals surface area contributed by atoms with E-state index in [0.29, 0.717) is 34.8 Å². The van der Waals surface area contributed by atoms with Gasteiger partial charge in [0.25, 0.3) is 0 Å². The van der Waals surface area contributed by atoms with E-state index in [1.807, 2.05) is 0 Å². The smallest absolute Gasteiger partial charge is 0.244 e. The Labute approximate surface area is 121 Å². The van der Waals surface area contributed by atoms with E-state index in [4.69, 9.17) is 0 Å². The molecule has 2 N–H and O–H groups in total. The predicted octanol–water partition coefficient (Wildman–Crippen LogP) is 0.703. The summed E-state index contributed by atoms with van der Waals surface area (Å²) in [5, 5.41) is 7.55. The minimum absolute atomic E-state index is 0.317. The molecule has 1 aliphatic rings. The van der Waals surface area contributed by atoms with Crippen LogP contribution >= 0.6 is 0 Å². The van der Waals surface area contributed by atoms with Crippen molar-refractivity contribution in [3.8, 4) is 0 Å². The number of sulfonamides is 1. The number of rotatable bonds is 4. The highest BCUT2D eigenvalue weighted by Gasteiger charge is 2.25. The van der Waals surface area contributed by atoms with Crippen LogP contribution < -0.4 is 10.0 Å². The number of piperidine rings is 1. The van der Waals surface area contributed by atoms with Gasteiger partial charge >= 0.3 is 0 Å². The molecule has 2 unspecified atom stereocenters. The van der Waals surface area contributed by atoms with Gasteiger partial charge in [-0.1, -0.05) is 0 Å². The van der Waals surface area contributed by atoms with Crippen molar-refractivity contribution in [3.63, 3.8) is 0 Å². The third-order valence-corrected chi connectivity index (χ3v) is 5.71. The lowest BCUT2D eigenvalue weighted by atomic mass is 9.96. The van der Waals surface area contributed by atoms with Gasteiger partial charge in [0.1, 0.15) is 4.90 Å². The first-order chi connectivity index (χ1) is 9.31. The van der Waals surface area contributed by atoms with E-state index in [1.165, 1.54) is 0 Å². The number of aryl methyl sites for hydroxylation is 2. The van der Waals surface area contributed by atoms with Crippen LogP contribution in [0.1, 0.15) is 31.2 Å². The Balaban J connectivity index is 2.04. The van der Waals surface area contributed by atoms with Gasteiger partial charge in [0.15, 0.2) is 0 Å². The van der Waals surface area contributed by atoms with Crippen molar-refractivity contribution in [1.29, 1.82) is 0 Å². The molecule has 1 saturated heterocycles. The highest BCUT2D eigenvalue weighted by molar-refractivity contribution is 7.89. The van der Waals surface area contributed by atoms with Crippen molar-refractivity contribution in [3.05, 3.63) is 11.4 Å².